The number of hydrogen-bond donors (Lipinski definition) is 3. The van der Waals surface area contributed by atoms with Crippen LogP contribution in [0.5, 0.6) is 0 Å². The number of aromatic nitrogens is 4. The minimum Gasteiger partial charge on any atom is -0.368 e. The zero-order chi connectivity index (χ0) is 19.2. The van der Waals surface area contributed by atoms with Gasteiger partial charge in [-0.3, -0.25) is 4.57 Å². The number of urea groups is 1. The van der Waals surface area contributed by atoms with Crippen LogP contribution >= 0.6 is 0 Å². The molecule has 3 rings (SSSR count). The first-order chi connectivity index (χ1) is 13.0. The predicted molar refractivity (Wildman–Crippen MR) is 101 cm³/mol. The monoisotopic (exact) mass is 369 g/mol. The molecule has 0 unspecified atom stereocenters. The second-order valence-corrected chi connectivity index (χ2v) is 5.79. The lowest BCUT2D eigenvalue weighted by molar-refractivity contribution is 0.252. The summed E-state index contributed by atoms with van der Waals surface area (Å²) in [7, 11) is 0. The van der Waals surface area contributed by atoms with Gasteiger partial charge in [0, 0.05) is 31.5 Å². The van der Waals surface area contributed by atoms with Crippen molar-refractivity contribution in [2.75, 3.05) is 23.7 Å². The Morgan fingerprint density at radius 3 is 2.74 bits per heavy atom. The van der Waals surface area contributed by atoms with Crippen LogP contribution in [0.25, 0.3) is 5.82 Å². The third-order valence-electron chi connectivity index (χ3n) is 3.74. The summed E-state index contributed by atoms with van der Waals surface area (Å²) in [6, 6.07) is 7.32. The molecule has 3 N–H and O–H groups in total. The van der Waals surface area contributed by atoms with Gasteiger partial charge in [0.1, 0.15) is 29.1 Å². The number of hydrogen-bond acceptors (Lipinski definition) is 5. The van der Waals surface area contributed by atoms with Crippen LogP contribution in [0.15, 0.2) is 42.7 Å². The maximum absolute atomic E-state index is 13.5. The number of anilines is 2. The number of benzene rings is 1. The number of amides is 2. The molecule has 0 atom stereocenters. The van der Waals surface area contributed by atoms with Gasteiger partial charge in [-0.05, 0) is 26.0 Å². The molecule has 0 saturated carbocycles. The van der Waals surface area contributed by atoms with Crippen LogP contribution in [0.4, 0.5) is 20.7 Å². The van der Waals surface area contributed by atoms with Crippen LogP contribution in [0.3, 0.4) is 0 Å². The number of rotatable bonds is 6. The molecular weight excluding hydrogens is 349 g/mol. The molecule has 0 aliphatic carbocycles. The quantitative estimate of drug-likeness (QED) is 0.581. The van der Waals surface area contributed by atoms with E-state index in [-0.39, 0.29) is 5.69 Å². The Morgan fingerprint density at radius 1 is 1.19 bits per heavy atom. The molecule has 0 bridgehead atoms. The van der Waals surface area contributed by atoms with E-state index >= 15 is 0 Å². The number of nitrogens with one attached hydrogen (secondary N) is 3. The van der Waals surface area contributed by atoms with Crippen molar-refractivity contribution < 1.29 is 9.18 Å². The SMILES string of the molecule is Cc1nc(NCCNC(=O)Nc2ccccc2F)cc(-n2ccnc2C)n1. The Bertz CT molecular complexity index is 941. The van der Waals surface area contributed by atoms with Crippen molar-refractivity contribution in [3.63, 3.8) is 0 Å². The van der Waals surface area contributed by atoms with Gasteiger partial charge in [0.15, 0.2) is 0 Å². The maximum atomic E-state index is 13.5. The summed E-state index contributed by atoms with van der Waals surface area (Å²) < 4.78 is 15.4. The van der Waals surface area contributed by atoms with E-state index in [1.54, 1.807) is 31.3 Å². The Kier molecular flexibility index (Phi) is 5.60. The van der Waals surface area contributed by atoms with Gasteiger partial charge in [0.2, 0.25) is 0 Å². The molecule has 1 aromatic carbocycles. The zero-order valence-corrected chi connectivity index (χ0v) is 15.0. The van der Waals surface area contributed by atoms with Gasteiger partial charge in [-0.25, -0.2) is 24.1 Å². The van der Waals surface area contributed by atoms with E-state index in [1.807, 2.05) is 17.7 Å². The van der Waals surface area contributed by atoms with Crippen LogP contribution in [0, 0.1) is 19.7 Å². The van der Waals surface area contributed by atoms with E-state index in [9.17, 15) is 9.18 Å². The minimum absolute atomic E-state index is 0.134. The summed E-state index contributed by atoms with van der Waals surface area (Å²) in [5.41, 5.74) is 0.134. The molecular formula is C18H20FN7O. The number of halogens is 1. The maximum Gasteiger partial charge on any atom is 0.319 e. The smallest absolute Gasteiger partial charge is 0.319 e. The average molecular weight is 369 g/mol. The summed E-state index contributed by atoms with van der Waals surface area (Å²) in [6.07, 6.45) is 3.54. The Balaban J connectivity index is 1.52. The van der Waals surface area contributed by atoms with Gasteiger partial charge < -0.3 is 16.0 Å². The molecule has 2 heterocycles. The summed E-state index contributed by atoms with van der Waals surface area (Å²) in [4.78, 5) is 24.8. The minimum atomic E-state index is -0.482. The van der Waals surface area contributed by atoms with Gasteiger partial charge >= 0.3 is 6.03 Å². The van der Waals surface area contributed by atoms with Gasteiger partial charge in [0.25, 0.3) is 0 Å². The van der Waals surface area contributed by atoms with E-state index in [4.69, 9.17) is 0 Å². The summed E-state index contributed by atoms with van der Waals surface area (Å²) >= 11 is 0. The fraction of sp³-hybridized carbons (Fsp3) is 0.222. The largest absolute Gasteiger partial charge is 0.368 e. The highest BCUT2D eigenvalue weighted by Crippen LogP contribution is 2.13. The second-order valence-electron chi connectivity index (χ2n) is 5.79. The standard InChI is InChI=1S/C18H20FN7O/c1-12-23-16(11-17(24-12)26-10-9-20-13(26)2)21-7-8-22-18(27)25-15-6-4-3-5-14(15)19/h3-6,9-11H,7-8H2,1-2H3,(H,21,23,24)(H2,22,25,27). The first-order valence-electron chi connectivity index (χ1n) is 8.42. The number of imidazole rings is 1. The molecule has 2 aromatic heterocycles. The van der Waals surface area contributed by atoms with Crippen LogP contribution in [0.1, 0.15) is 11.6 Å². The normalized spacial score (nSPS) is 10.5. The molecule has 2 amide bonds. The molecule has 0 aliphatic rings. The highest BCUT2D eigenvalue weighted by Gasteiger charge is 2.07. The Morgan fingerprint density at radius 2 is 2.00 bits per heavy atom. The lowest BCUT2D eigenvalue weighted by Crippen LogP contribution is -2.33. The average Bonchev–Trinajstić information content (AvgIpc) is 3.06. The summed E-state index contributed by atoms with van der Waals surface area (Å²) in [5.74, 6) is 2.32. The molecule has 3 aromatic rings. The lowest BCUT2D eigenvalue weighted by Gasteiger charge is -2.11. The van der Waals surface area contributed by atoms with Crippen molar-refractivity contribution in [1.82, 2.24) is 24.8 Å². The van der Waals surface area contributed by atoms with E-state index in [2.05, 4.69) is 30.9 Å². The van der Waals surface area contributed by atoms with Crippen LogP contribution in [-0.4, -0.2) is 38.6 Å². The number of carbonyl (C=O) groups is 1. The number of nitrogens with zero attached hydrogens (tertiary/aromatic N) is 4. The third-order valence-corrected chi connectivity index (χ3v) is 3.74. The second kappa shape index (κ2) is 8.26. The van der Waals surface area contributed by atoms with Crippen molar-refractivity contribution in [3.05, 3.63) is 60.2 Å². The zero-order valence-electron chi connectivity index (χ0n) is 15.0. The van der Waals surface area contributed by atoms with Crippen molar-refractivity contribution >= 4 is 17.5 Å². The molecule has 9 heteroatoms. The molecule has 0 fully saturated rings. The van der Waals surface area contributed by atoms with Crippen LogP contribution in [-0.2, 0) is 0 Å². The van der Waals surface area contributed by atoms with Gasteiger partial charge in [-0.2, -0.15) is 0 Å². The lowest BCUT2D eigenvalue weighted by atomic mass is 10.3. The van der Waals surface area contributed by atoms with Crippen LogP contribution < -0.4 is 16.0 Å². The molecule has 0 spiro atoms. The number of para-hydroxylation sites is 1. The Labute approximate surface area is 155 Å². The summed E-state index contributed by atoms with van der Waals surface area (Å²) in [5, 5.41) is 8.26. The molecule has 27 heavy (non-hydrogen) atoms. The van der Waals surface area contributed by atoms with E-state index in [0.29, 0.717) is 30.5 Å². The van der Waals surface area contributed by atoms with Gasteiger partial charge in [-0.15, -0.1) is 0 Å². The fourth-order valence-corrected chi connectivity index (χ4v) is 2.48. The van der Waals surface area contributed by atoms with Crippen molar-refractivity contribution in [1.29, 1.82) is 0 Å². The number of carbonyl (C=O) groups excluding carboxylic acids is 1. The summed E-state index contributed by atoms with van der Waals surface area (Å²) in [6.45, 7) is 4.48. The highest BCUT2D eigenvalue weighted by atomic mass is 19.1. The molecule has 0 radical (unpaired) electrons. The molecule has 0 aliphatic heterocycles. The van der Waals surface area contributed by atoms with E-state index < -0.39 is 11.8 Å². The highest BCUT2D eigenvalue weighted by molar-refractivity contribution is 5.89. The topological polar surface area (TPSA) is 96.8 Å². The molecule has 0 saturated heterocycles. The fourth-order valence-electron chi connectivity index (χ4n) is 2.48. The van der Waals surface area contributed by atoms with Gasteiger partial charge in [-0.1, -0.05) is 12.1 Å². The predicted octanol–water partition coefficient (Wildman–Crippen LogP) is 2.65. The first-order valence-corrected chi connectivity index (χ1v) is 8.42. The van der Waals surface area contributed by atoms with Crippen molar-refractivity contribution in [3.8, 4) is 5.82 Å². The Hall–Kier alpha value is -3.49. The molecule has 140 valence electrons. The first kappa shape index (κ1) is 18.3. The molecule has 8 nitrogen and oxygen atoms in total. The van der Waals surface area contributed by atoms with Crippen LogP contribution in [0.2, 0.25) is 0 Å². The number of aryl methyl sites for hydroxylation is 2. The van der Waals surface area contributed by atoms with E-state index in [0.717, 1.165) is 5.82 Å². The van der Waals surface area contributed by atoms with Crippen molar-refractivity contribution in [2.24, 2.45) is 0 Å². The van der Waals surface area contributed by atoms with E-state index in [1.165, 1.54) is 12.1 Å². The third kappa shape index (κ3) is 4.78. The van der Waals surface area contributed by atoms with Gasteiger partial charge in [0.05, 0.1) is 5.69 Å². The van der Waals surface area contributed by atoms with Crippen molar-refractivity contribution in [2.45, 2.75) is 13.8 Å².